The van der Waals surface area contributed by atoms with Gasteiger partial charge < -0.3 is 9.13 Å². The average Bonchev–Trinajstić information content (AvgIpc) is 3.87. The monoisotopic (exact) mass is 784 g/mol. The number of benzene rings is 12. The quantitative estimate of drug-likeness (QED) is 0.158. The van der Waals surface area contributed by atoms with Crippen molar-refractivity contribution < 1.29 is 0 Å². The number of para-hydroxylation sites is 4. The normalized spacial score (nSPS) is 12.2. The fourth-order valence-corrected chi connectivity index (χ4v) is 11.1. The molecule has 2 heteroatoms. The summed E-state index contributed by atoms with van der Waals surface area (Å²) in [6.45, 7) is 0. The molecule has 0 unspecified atom stereocenters. The van der Waals surface area contributed by atoms with Crippen molar-refractivity contribution in [2.45, 2.75) is 0 Å². The lowest BCUT2D eigenvalue weighted by molar-refractivity contribution is 1.18. The Morgan fingerprint density at radius 3 is 0.823 bits per heavy atom. The second kappa shape index (κ2) is 12.7. The van der Waals surface area contributed by atoms with Crippen LogP contribution in [0, 0.1) is 0 Å². The first-order valence-electron chi connectivity index (χ1n) is 21.5. The lowest BCUT2D eigenvalue weighted by atomic mass is 9.94. The number of hydrogen-bond acceptors (Lipinski definition) is 0. The van der Waals surface area contributed by atoms with Crippen LogP contribution < -0.4 is 0 Å². The van der Waals surface area contributed by atoms with Crippen LogP contribution in [0.15, 0.2) is 218 Å². The minimum Gasteiger partial charge on any atom is -0.309 e. The largest absolute Gasteiger partial charge is 0.309 e. The Morgan fingerprint density at radius 2 is 0.468 bits per heavy atom. The zero-order valence-corrected chi connectivity index (χ0v) is 33.7. The fourth-order valence-electron chi connectivity index (χ4n) is 11.1. The highest BCUT2D eigenvalue weighted by Gasteiger charge is 2.22. The van der Waals surface area contributed by atoms with Crippen LogP contribution in [-0.2, 0) is 0 Å². The van der Waals surface area contributed by atoms with Gasteiger partial charge in [0.05, 0.1) is 22.1 Å². The number of aromatic nitrogens is 2. The van der Waals surface area contributed by atoms with Gasteiger partial charge in [-0.2, -0.15) is 0 Å². The third-order valence-corrected chi connectivity index (χ3v) is 13.7. The molecule has 0 saturated carbocycles. The van der Waals surface area contributed by atoms with E-state index >= 15 is 0 Å². The molecule has 0 fully saturated rings. The molecule has 2 nitrogen and oxygen atoms in total. The van der Waals surface area contributed by atoms with Gasteiger partial charge in [-0.15, -0.1) is 0 Å². The first-order chi connectivity index (χ1) is 30.8. The molecule has 0 radical (unpaired) electrons. The molecule has 0 spiro atoms. The summed E-state index contributed by atoms with van der Waals surface area (Å²) in [6.07, 6.45) is 0. The topological polar surface area (TPSA) is 9.86 Å². The molecule has 0 saturated heterocycles. The molecule has 12 aromatic carbocycles. The maximum absolute atomic E-state index is 2.52. The molecule has 2 aromatic heterocycles. The molecule has 14 aromatic rings. The number of hydrogen-bond donors (Lipinski definition) is 0. The molecule has 0 aliphatic rings. The van der Waals surface area contributed by atoms with E-state index in [-0.39, 0.29) is 0 Å². The molecule has 0 aliphatic heterocycles. The van der Waals surface area contributed by atoms with Crippen LogP contribution in [0.4, 0.5) is 0 Å². The summed E-state index contributed by atoms with van der Waals surface area (Å²) in [4.78, 5) is 0. The second-order valence-corrected chi connectivity index (χ2v) is 16.8. The van der Waals surface area contributed by atoms with E-state index in [1.807, 2.05) is 0 Å². The van der Waals surface area contributed by atoms with Gasteiger partial charge in [0.1, 0.15) is 0 Å². The van der Waals surface area contributed by atoms with Crippen molar-refractivity contribution >= 4 is 108 Å². The van der Waals surface area contributed by atoms with Crippen LogP contribution in [0.1, 0.15) is 0 Å². The summed E-state index contributed by atoms with van der Waals surface area (Å²) in [5.41, 5.74) is 9.51. The van der Waals surface area contributed by atoms with Crippen molar-refractivity contribution in [1.29, 1.82) is 0 Å². The highest BCUT2D eigenvalue weighted by molar-refractivity contribution is 6.27. The molecule has 0 amide bonds. The Kier molecular flexibility index (Phi) is 6.86. The standard InChI is InChI=1S/C60H36N2/c1-3-19-43-39(15-1)41-17-5-7-21-45(41)55-35-37(31-33-47(43)55)61-57-29-11-9-23-49(57)51-25-13-27-53(59(51)61)54-28-14-26-52-50-24-10-12-30-58(50)62(60(52)54)38-32-34-48-44-20-4-2-16-40(44)42-18-6-8-22-46(42)56(48)36-38/h1-36H. The molecule has 0 N–H and O–H groups in total. The van der Waals surface area contributed by atoms with Crippen LogP contribution in [0.5, 0.6) is 0 Å². The van der Waals surface area contributed by atoms with E-state index in [1.165, 1.54) is 119 Å². The van der Waals surface area contributed by atoms with Gasteiger partial charge in [-0.1, -0.05) is 182 Å². The number of fused-ring (bicyclic) bond motifs is 18. The Morgan fingerprint density at radius 1 is 0.194 bits per heavy atom. The van der Waals surface area contributed by atoms with Crippen molar-refractivity contribution in [2.24, 2.45) is 0 Å². The van der Waals surface area contributed by atoms with Gasteiger partial charge in [-0.3, -0.25) is 0 Å². The maximum Gasteiger partial charge on any atom is 0.0620 e. The molecular formula is C60H36N2. The van der Waals surface area contributed by atoms with E-state index in [0.29, 0.717) is 0 Å². The lowest BCUT2D eigenvalue weighted by Gasteiger charge is -2.17. The highest BCUT2D eigenvalue weighted by Crippen LogP contribution is 2.45. The third kappa shape index (κ3) is 4.53. The fraction of sp³-hybridized carbons (Fsp3) is 0. The summed E-state index contributed by atoms with van der Waals surface area (Å²) in [5, 5.41) is 20.3. The third-order valence-electron chi connectivity index (χ3n) is 13.7. The van der Waals surface area contributed by atoms with Crippen LogP contribution in [0.25, 0.3) is 131 Å². The zero-order valence-electron chi connectivity index (χ0n) is 33.7. The summed E-state index contributed by atoms with van der Waals surface area (Å²) in [6, 6.07) is 81.2. The van der Waals surface area contributed by atoms with E-state index in [4.69, 9.17) is 0 Å². The minimum absolute atomic E-state index is 1.15. The van der Waals surface area contributed by atoms with Crippen LogP contribution in [0.3, 0.4) is 0 Å². The highest BCUT2D eigenvalue weighted by atomic mass is 15.0. The predicted octanol–water partition coefficient (Wildman–Crippen LogP) is 16.5. The summed E-state index contributed by atoms with van der Waals surface area (Å²) in [5.74, 6) is 0. The maximum atomic E-state index is 2.52. The Labute approximate surface area is 356 Å². The molecule has 286 valence electrons. The Hall–Kier alpha value is -8.20. The predicted molar refractivity (Wildman–Crippen MR) is 266 cm³/mol. The molecule has 0 atom stereocenters. The summed E-state index contributed by atoms with van der Waals surface area (Å²) < 4.78 is 5.03. The van der Waals surface area contributed by atoms with Crippen molar-refractivity contribution in [3.05, 3.63) is 218 Å². The Bertz CT molecular complexity index is 3870. The first kappa shape index (κ1) is 33.6. The molecule has 2 heterocycles. The van der Waals surface area contributed by atoms with Crippen LogP contribution in [-0.4, -0.2) is 9.13 Å². The van der Waals surface area contributed by atoms with Crippen molar-refractivity contribution in [2.75, 3.05) is 0 Å². The average molecular weight is 785 g/mol. The number of nitrogens with zero attached hydrogens (tertiary/aromatic N) is 2. The van der Waals surface area contributed by atoms with Crippen molar-refractivity contribution in [1.82, 2.24) is 9.13 Å². The SMILES string of the molecule is c1ccc2c(c1)c1ccccc1c1cc(-n3c4ccccc4c4cccc(-c5cccc6c7ccccc7n(-c7ccc8c9ccccc9c9ccccc9c8c7)c56)c43)ccc21. The van der Waals surface area contributed by atoms with E-state index in [2.05, 4.69) is 228 Å². The molecular weight excluding hydrogens is 749 g/mol. The van der Waals surface area contributed by atoms with E-state index < -0.39 is 0 Å². The molecule has 0 aliphatic carbocycles. The summed E-state index contributed by atoms with van der Waals surface area (Å²) in [7, 11) is 0. The van der Waals surface area contributed by atoms with Gasteiger partial charge in [0.15, 0.2) is 0 Å². The van der Waals surface area contributed by atoms with Crippen LogP contribution in [0.2, 0.25) is 0 Å². The Balaban J connectivity index is 1.09. The first-order valence-corrected chi connectivity index (χ1v) is 21.5. The van der Waals surface area contributed by atoms with Crippen molar-refractivity contribution in [3.8, 4) is 22.5 Å². The van der Waals surface area contributed by atoms with Gasteiger partial charge in [-0.25, -0.2) is 0 Å². The van der Waals surface area contributed by atoms with E-state index in [0.717, 1.165) is 11.4 Å². The van der Waals surface area contributed by atoms with E-state index in [1.54, 1.807) is 0 Å². The molecule has 0 bridgehead atoms. The van der Waals surface area contributed by atoms with Gasteiger partial charge in [0.2, 0.25) is 0 Å². The van der Waals surface area contributed by atoms with Gasteiger partial charge >= 0.3 is 0 Å². The zero-order chi connectivity index (χ0) is 40.5. The van der Waals surface area contributed by atoms with E-state index in [9.17, 15) is 0 Å². The van der Waals surface area contributed by atoms with Gasteiger partial charge in [0, 0.05) is 44.0 Å². The number of rotatable bonds is 3. The molecule has 14 rings (SSSR count). The van der Waals surface area contributed by atoms with Gasteiger partial charge in [0.25, 0.3) is 0 Å². The van der Waals surface area contributed by atoms with Crippen LogP contribution >= 0.6 is 0 Å². The minimum atomic E-state index is 1.15. The summed E-state index contributed by atoms with van der Waals surface area (Å²) >= 11 is 0. The second-order valence-electron chi connectivity index (χ2n) is 16.8. The van der Waals surface area contributed by atoms with Crippen molar-refractivity contribution in [3.63, 3.8) is 0 Å². The molecule has 62 heavy (non-hydrogen) atoms. The smallest absolute Gasteiger partial charge is 0.0620 e. The lowest BCUT2D eigenvalue weighted by Crippen LogP contribution is -1.98. The van der Waals surface area contributed by atoms with Gasteiger partial charge in [-0.05, 0) is 101 Å².